The molecule has 0 bridgehead atoms. The van der Waals surface area contributed by atoms with E-state index in [9.17, 15) is 8.42 Å². The highest BCUT2D eigenvalue weighted by Gasteiger charge is 2.11. The van der Waals surface area contributed by atoms with Crippen molar-refractivity contribution in [3.63, 3.8) is 0 Å². The smallest absolute Gasteiger partial charge is 0.240 e. The first-order valence-corrected chi connectivity index (χ1v) is 6.57. The molecule has 0 saturated heterocycles. The van der Waals surface area contributed by atoms with Crippen molar-refractivity contribution in [2.75, 3.05) is 11.9 Å². The standard InChI is InChI=1S/C11H16N2O2S/c1-2-3-6-9-13-10-7-4-5-8-11(10)16(12,14)15/h2-5,7-8,13H,6,9H2,1H3,(H2,12,14,15)/b3-2+. The van der Waals surface area contributed by atoms with E-state index in [1.807, 2.05) is 19.1 Å². The maximum Gasteiger partial charge on any atom is 0.240 e. The number of allylic oxidation sites excluding steroid dienone is 1. The van der Waals surface area contributed by atoms with Crippen molar-refractivity contribution in [3.8, 4) is 0 Å². The van der Waals surface area contributed by atoms with Gasteiger partial charge in [0.15, 0.2) is 0 Å². The third-order valence-corrected chi connectivity index (χ3v) is 3.02. The van der Waals surface area contributed by atoms with E-state index in [4.69, 9.17) is 5.14 Å². The van der Waals surface area contributed by atoms with Gasteiger partial charge in [0, 0.05) is 6.54 Å². The Kier molecular flexibility index (Phi) is 4.52. The van der Waals surface area contributed by atoms with Crippen molar-refractivity contribution in [2.45, 2.75) is 18.2 Å². The molecule has 5 heteroatoms. The van der Waals surface area contributed by atoms with E-state index in [1.165, 1.54) is 6.07 Å². The second-order valence-electron chi connectivity index (χ2n) is 3.33. The van der Waals surface area contributed by atoms with Gasteiger partial charge in [-0.25, -0.2) is 13.6 Å². The Bertz CT molecular complexity index is 467. The Morgan fingerprint density at radius 3 is 2.69 bits per heavy atom. The van der Waals surface area contributed by atoms with Gasteiger partial charge < -0.3 is 5.32 Å². The largest absolute Gasteiger partial charge is 0.384 e. The average Bonchev–Trinajstić information content (AvgIpc) is 2.24. The molecule has 0 aliphatic heterocycles. The zero-order chi connectivity index (χ0) is 12.0. The number of primary sulfonamides is 1. The van der Waals surface area contributed by atoms with Crippen LogP contribution in [0.2, 0.25) is 0 Å². The Morgan fingerprint density at radius 2 is 2.06 bits per heavy atom. The lowest BCUT2D eigenvalue weighted by molar-refractivity contribution is 0.598. The van der Waals surface area contributed by atoms with Crippen LogP contribution in [0.1, 0.15) is 13.3 Å². The molecule has 0 heterocycles. The van der Waals surface area contributed by atoms with Crippen molar-refractivity contribution in [3.05, 3.63) is 36.4 Å². The quantitative estimate of drug-likeness (QED) is 0.608. The average molecular weight is 240 g/mol. The van der Waals surface area contributed by atoms with Gasteiger partial charge in [-0.1, -0.05) is 24.3 Å². The molecular weight excluding hydrogens is 224 g/mol. The van der Waals surface area contributed by atoms with E-state index in [1.54, 1.807) is 18.2 Å². The number of anilines is 1. The summed E-state index contributed by atoms with van der Waals surface area (Å²) in [6.07, 6.45) is 4.80. The SMILES string of the molecule is C/C=C/CCNc1ccccc1S(N)(=O)=O. The van der Waals surface area contributed by atoms with E-state index in [0.717, 1.165) is 6.42 Å². The molecule has 1 rings (SSSR count). The third kappa shape index (κ3) is 3.67. The van der Waals surface area contributed by atoms with Crippen molar-refractivity contribution >= 4 is 15.7 Å². The number of rotatable bonds is 5. The zero-order valence-electron chi connectivity index (χ0n) is 9.18. The Hall–Kier alpha value is -1.33. The molecule has 0 unspecified atom stereocenters. The van der Waals surface area contributed by atoms with Crippen LogP contribution in [-0.4, -0.2) is 15.0 Å². The van der Waals surface area contributed by atoms with E-state index in [0.29, 0.717) is 12.2 Å². The lowest BCUT2D eigenvalue weighted by atomic mass is 10.3. The first-order chi connectivity index (χ1) is 7.55. The Balaban J connectivity index is 2.80. The van der Waals surface area contributed by atoms with E-state index in [-0.39, 0.29) is 4.90 Å². The summed E-state index contributed by atoms with van der Waals surface area (Å²) >= 11 is 0. The summed E-state index contributed by atoms with van der Waals surface area (Å²) in [5.74, 6) is 0. The number of para-hydroxylation sites is 1. The van der Waals surface area contributed by atoms with Crippen LogP contribution in [0, 0.1) is 0 Å². The second-order valence-corrected chi connectivity index (χ2v) is 4.86. The molecule has 0 amide bonds. The first-order valence-electron chi connectivity index (χ1n) is 5.02. The molecule has 0 radical (unpaired) electrons. The topological polar surface area (TPSA) is 72.2 Å². The van der Waals surface area contributed by atoms with Crippen molar-refractivity contribution in [2.24, 2.45) is 5.14 Å². The predicted molar refractivity (Wildman–Crippen MR) is 65.7 cm³/mol. The lowest BCUT2D eigenvalue weighted by Gasteiger charge is -2.09. The highest BCUT2D eigenvalue weighted by Crippen LogP contribution is 2.18. The predicted octanol–water partition coefficient (Wildman–Crippen LogP) is 1.71. The lowest BCUT2D eigenvalue weighted by Crippen LogP contribution is -2.15. The summed E-state index contributed by atoms with van der Waals surface area (Å²) in [5, 5.41) is 8.15. The molecule has 4 nitrogen and oxygen atoms in total. The first kappa shape index (κ1) is 12.7. The molecule has 0 aromatic heterocycles. The van der Waals surface area contributed by atoms with Crippen LogP contribution in [-0.2, 0) is 10.0 Å². The monoisotopic (exact) mass is 240 g/mol. The maximum atomic E-state index is 11.3. The molecule has 3 N–H and O–H groups in total. The number of nitrogens with one attached hydrogen (secondary N) is 1. The third-order valence-electron chi connectivity index (χ3n) is 2.06. The van der Waals surface area contributed by atoms with Gasteiger partial charge in [-0.3, -0.25) is 0 Å². The number of nitrogens with two attached hydrogens (primary N) is 1. The second kappa shape index (κ2) is 5.67. The van der Waals surface area contributed by atoms with Gasteiger partial charge in [-0.2, -0.15) is 0 Å². The minimum atomic E-state index is -3.66. The summed E-state index contributed by atoms with van der Waals surface area (Å²) in [7, 11) is -3.66. The zero-order valence-corrected chi connectivity index (χ0v) is 10.00. The normalized spacial score (nSPS) is 11.9. The van der Waals surface area contributed by atoms with Crippen molar-refractivity contribution in [1.29, 1.82) is 0 Å². The molecule has 0 aliphatic rings. The number of hydrogen-bond acceptors (Lipinski definition) is 3. The van der Waals surface area contributed by atoms with Crippen LogP contribution >= 0.6 is 0 Å². The van der Waals surface area contributed by atoms with Gasteiger partial charge in [0.25, 0.3) is 0 Å². The van der Waals surface area contributed by atoms with Crippen LogP contribution < -0.4 is 10.5 Å². The van der Waals surface area contributed by atoms with Crippen LogP contribution in [0.5, 0.6) is 0 Å². The highest BCUT2D eigenvalue weighted by atomic mass is 32.2. The van der Waals surface area contributed by atoms with E-state index in [2.05, 4.69) is 5.32 Å². The fraction of sp³-hybridized carbons (Fsp3) is 0.273. The van der Waals surface area contributed by atoms with Gasteiger partial charge >= 0.3 is 0 Å². The fourth-order valence-electron chi connectivity index (χ4n) is 1.32. The van der Waals surface area contributed by atoms with E-state index < -0.39 is 10.0 Å². The molecule has 0 saturated carbocycles. The van der Waals surface area contributed by atoms with Crippen LogP contribution in [0.3, 0.4) is 0 Å². The molecule has 0 atom stereocenters. The fourth-order valence-corrected chi connectivity index (χ4v) is 2.03. The number of benzene rings is 1. The van der Waals surface area contributed by atoms with Gasteiger partial charge in [-0.15, -0.1) is 0 Å². The summed E-state index contributed by atoms with van der Waals surface area (Å²) in [6.45, 7) is 2.62. The number of sulfonamides is 1. The molecule has 16 heavy (non-hydrogen) atoms. The minimum Gasteiger partial charge on any atom is -0.384 e. The van der Waals surface area contributed by atoms with Crippen LogP contribution in [0.25, 0.3) is 0 Å². The van der Waals surface area contributed by atoms with E-state index >= 15 is 0 Å². The van der Waals surface area contributed by atoms with Gasteiger partial charge in [-0.05, 0) is 25.5 Å². The van der Waals surface area contributed by atoms with Crippen LogP contribution in [0.4, 0.5) is 5.69 Å². The van der Waals surface area contributed by atoms with Crippen molar-refractivity contribution < 1.29 is 8.42 Å². The summed E-state index contributed by atoms with van der Waals surface area (Å²) in [6, 6.07) is 6.62. The number of hydrogen-bond donors (Lipinski definition) is 2. The molecule has 0 spiro atoms. The molecular formula is C11H16N2O2S. The Morgan fingerprint density at radius 1 is 1.38 bits per heavy atom. The molecule has 88 valence electrons. The summed E-state index contributed by atoms with van der Waals surface area (Å²) < 4.78 is 22.5. The summed E-state index contributed by atoms with van der Waals surface area (Å²) in [5.41, 5.74) is 0.550. The van der Waals surface area contributed by atoms with Gasteiger partial charge in [0.05, 0.1) is 5.69 Å². The molecule has 1 aromatic carbocycles. The molecule has 0 fully saturated rings. The van der Waals surface area contributed by atoms with Crippen LogP contribution in [0.15, 0.2) is 41.3 Å². The minimum absolute atomic E-state index is 0.135. The maximum absolute atomic E-state index is 11.3. The molecule has 1 aromatic rings. The van der Waals surface area contributed by atoms with Gasteiger partial charge in [0.1, 0.15) is 4.90 Å². The Labute approximate surface area is 96.2 Å². The van der Waals surface area contributed by atoms with Crippen molar-refractivity contribution in [1.82, 2.24) is 0 Å². The van der Waals surface area contributed by atoms with Gasteiger partial charge in [0.2, 0.25) is 10.0 Å². The highest BCUT2D eigenvalue weighted by molar-refractivity contribution is 7.89. The molecule has 0 aliphatic carbocycles. The summed E-state index contributed by atoms with van der Waals surface area (Å²) in [4.78, 5) is 0.135.